The van der Waals surface area contributed by atoms with Gasteiger partial charge in [-0.25, -0.2) is 9.97 Å². The van der Waals surface area contributed by atoms with E-state index in [-0.39, 0.29) is 5.60 Å². The van der Waals surface area contributed by atoms with Crippen molar-refractivity contribution in [3.63, 3.8) is 0 Å². The Morgan fingerprint density at radius 2 is 2.05 bits per heavy atom. The Morgan fingerprint density at radius 3 is 2.67 bits per heavy atom. The summed E-state index contributed by atoms with van der Waals surface area (Å²) in [6.45, 7) is 12.3. The minimum absolute atomic E-state index is 0.0612. The zero-order valence-corrected chi connectivity index (χ0v) is 13.9. The van der Waals surface area contributed by atoms with Crippen molar-refractivity contribution in [3.8, 4) is 0 Å². The molecule has 1 aromatic rings. The highest BCUT2D eigenvalue weighted by atomic mass is 16.5. The van der Waals surface area contributed by atoms with Gasteiger partial charge >= 0.3 is 0 Å². The molecule has 5 nitrogen and oxygen atoms in total. The summed E-state index contributed by atoms with van der Waals surface area (Å²) >= 11 is 0. The number of ether oxygens (including phenoxy) is 1. The molecule has 118 valence electrons. The van der Waals surface area contributed by atoms with Crippen molar-refractivity contribution < 1.29 is 4.74 Å². The maximum atomic E-state index is 5.77. The van der Waals surface area contributed by atoms with Gasteiger partial charge in [-0.3, -0.25) is 0 Å². The van der Waals surface area contributed by atoms with Crippen LogP contribution in [0, 0.1) is 0 Å². The minimum atomic E-state index is -0.0612. The van der Waals surface area contributed by atoms with Gasteiger partial charge < -0.3 is 15.4 Å². The number of rotatable bonds is 5. The van der Waals surface area contributed by atoms with Gasteiger partial charge in [-0.05, 0) is 33.6 Å². The van der Waals surface area contributed by atoms with Crippen LogP contribution in [0.4, 0.5) is 11.6 Å². The van der Waals surface area contributed by atoms with Crippen LogP contribution in [0.5, 0.6) is 0 Å². The van der Waals surface area contributed by atoms with Crippen LogP contribution < -0.4 is 10.6 Å². The Morgan fingerprint density at radius 1 is 1.33 bits per heavy atom. The first-order chi connectivity index (χ1) is 9.89. The van der Waals surface area contributed by atoms with Crippen molar-refractivity contribution in [2.24, 2.45) is 0 Å². The highest BCUT2D eigenvalue weighted by Gasteiger charge is 2.29. The first-order valence-electron chi connectivity index (χ1n) is 7.93. The molecule has 1 unspecified atom stereocenters. The van der Waals surface area contributed by atoms with E-state index in [2.05, 4.69) is 55.2 Å². The molecule has 2 rings (SSSR count). The first-order valence-corrected chi connectivity index (χ1v) is 7.93. The number of hydrogen-bond acceptors (Lipinski definition) is 5. The standard InChI is InChI=1S/C16H28N4O/c1-6-17-13-9-14(20-15(19-13)11(2)3)18-12-7-8-21-16(4,5)10-12/h9,11-12H,6-8,10H2,1-5H3,(H2,17,18,19,20). The quantitative estimate of drug-likeness (QED) is 0.871. The number of hydrogen-bond donors (Lipinski definition) is 2. The summed E-state index contributed by atoms with van der Waals surface area (Å²) in [5, 5.41) is 6.84. The topological polar surface area (TPSA) is 59.1 Å². The van der Waals surface area contributed by atoms with Crippen molar-refractivity contribution in [3.05, 3.63) is 11.9 Å². The fraction of sp³-hybridized carbons (Fsp3) is 0.750. The Hall–Kier alpha value is -1.36. The fourth-order valence-electron chi connectivity index (χ4n) is 2.63. The lowest BCUT2D eigenvalue weighted by Crippen LogP contribution is -2.40. The number of anilines is 2. The summed E-state index contributed by atoms with van der Waals surface area (Å²) in [5.41, 5.74) is -0.0612. The minimum Gasteiger partial charge on any atom is -0.375 e. The van der Waals surface area contributed by atoms with E-state index in [0.717, 1.165) is 43.5 Å². The number of nitrogens with one attached hydrogen (secondary N) is 2. The molecule has 0 bridgehead atoms. The average molecular weight is 292 g/mol. The zero-order chi connectivity index (χ0) is 15.5. The largest absolute Gasteiger partial charge is 0.375 e. The maximum absolute atomic E-state index is 5.77. The molecule has 1 atom stereocenters. The van der Waals surface area contributed by atoms with E-state index in [1.54, 1.807) is 0 Å². The van der Waals surface area contributed by atoms with E-state index >= 15 is 0 Å². The molecule has 0 amide bonds. The highest BCUT2D eigenvalue weighted by molar-refractivity contribution is 5.48. The molecule has 5 heteroatoms. The van der Waals surface area contributed by atoms with E-state index in [1.165, 1.54) is 0 Å². The Bertz CT molecular complexity index is 473. The van der Waals surface area contributed by atoms with Crippen molar-refractivity contribution in [2.45, 2.75) is 65.0 Å². The van der Waals surface area contributed by atoms with Gasteiger partial charge in [0.05, 0.1) is 5.60 Å². The molecule has 0 aromatic carbocycles. The van der Waals surface area contributed by atoms with Crippen LogP contribution >= 0.6 is 0 Å². The van der Waals surface area contributed by atoms with Gasteiger partial charge in [0.2, 0.25) is 0 Å². The van der Waals surface area contributed by atoms with E-state index in [4.69, 9.17) is 4.74 Å². The fourth-order valence-corrected chi connectivity index (χ4v) is 2.63. The predicted octanol–water partition coefficient (Wildman–Crippen LogP) is 3.40. The van der Waals surface area contributed by atoms with Gasteiger partial charge in [-0.1, -0.05) is 13.8 Å². The second-order valence-electron chi connectivity index (χ2n) is 6.62. The lowest BCUT2D eigenvalue weighted by atomic mass is 9.94. The number of aromatic nitrogens is 2. The average Bonchev–Trinajstić information content (AvgIpc) is 2.37. The third-order valence-corrected chi connectivity index (χ3v) is 3.67. The molecule has 0 radical (unpaired) electrons. The van der Waals surface area contributed by atoms with Crippen LogP contribution in [0.3, 0.4) is 0 Å². The van der Waals surface area contributed by atoms with Crippen LogP contribution in [-0.4, -0.2) is 34.8 Å². The summed E-state index contributed by atoms with van der Waals surface area (Å²) in [6, 6.07) is 2.40. The third-order valence-electron chi connectivity index (χ3n) is 3.67. The second-order valence-corrected chi connectivity index (χ2v) is 6.62. The molecule has 2 heterocycles. The van der Waals surface area contributed by atoms with Crippen LogP contribution in [-0.2, 0) is 4.74 Å². The molecule has 1 saturated heterocycles. The normalized spacial score (nSPS) is 21.3. The van der Waals surface area contributed by atoms with Crippen LogP contribution in [0.2, 0.25) is 0 Å². The lowest BCUT2D eigenvalue weighted by molar-refractivity contribution is -0.0553. The summed E-state index contributed by atoms with van der Waals surface area (Å²) in [5.74, 6) is 3.00. The van der Waals surface area contributed by atoms with Crippen LogP contribution in [0.15, 0.2) is 6.07 Å². The SMILES string of the molecule is CCNc1cc(NC2CCOC(C)(C)C2)nc(C(C)C)n1. The summed E-state index contributed by atoms with van der Waals surface area (Å²) in [7, 11) is 0. The molecule has 0 spiro atoms. The van der Waals surface area contributed by atoms with E-state index in [9.17, 15) is 0 Å². The third kappa shape index (κ3) is 4.56. The van der Waals surface area contributed by atoms with Crippen molar-refractivity contribution in [1.29, 1.82) is 0 Å². The molecule has 0 saturated carbocycles. The summed E-state index contributed by atoms with van der Waals surface area (Å²) in [6.07, 6.45) is 2.01. The summed E-state index contributed by atoms with van der Waals surface area (Å²) < 4.78 is 5.77. The lowest BCUT2D eigenvalue weighted by Gasteiger charge is -2.36. The van der Waals surface area contributed by atoms with Gasteiger partial charge in [0, 0.05) is 31.2 Å². The van der Waals surface area contributed by atoms with E-state index in [0.29, 0.717) is 12.0 Å². The zero-order valence-electron chi connectivity index (χ0n) is 13.9. The van der Waals surface area contributed by atoms with Crippen molar-refractivity contribution >= 4 is 11.6 Å². The summed E-state index contributed by atoms with van der Waals surface area (Å²) in [4.78, 5) is 9.21. The molecule has 0 aliphatic carbocycles. The molecule has 1 aliphatic rings. The Balaban J connectivity index is 2.14. The van der Waals surface area contributed by atoms with Gasteiger partial charge in [0.1, 0.15) is 17.5 Å². The van der Waals surface area contributed by atoms with Crippen molar-refractivity contribution in [2.75, 3.05) is 23.8 Å². The molecule has 2 N–H and O–H groups in total. The molecular formula is C16H28N4O. The van der Waals surface area contributed by atoms with E-state index in [1.807, 2.05) is 6.07 Å². The number of nitrogens with zero attached hydrogens (tertiary/aromatic N) is 2. The van der Waals surface area contributed by atoms with Gasteiger partial charge in [-0.15, -0.1) is 0 Å². The van der Waals surface area contributed by atoms with E-state index < -0.39 is 0 Å². The highest BCUT2D eigenvalue weighted by Crippen LogP contribution is 2.27. The molecule has 1 aliphatic heterocycles. The molecule has 21 heavy (non-hydrogen) atoms. The molecule has 1 fully saturated rings. The second kappa shape index (κ2) is 6.60. The van der Waals surface area contributed by atoms with Gasteiger partial charge in [0.25, 0.3) is 0 Å². The van der Waals surface area contributed by atoms with Crippen molar-refractivity contribution in [1.82, 2.24) is 9.97 Å². The van der Waals surface area contributed by atoms with Gasteiger partial charge in [-0.2, -0.15) is 0 Å². The van der Waals surface area contributed by atoms with Gasteiger partial charge in [0.15, 0.2) is 0 Å². The Labute approximate surface area is 127 Å². The first kappa shape index (κ1) is 16.0. The predicted molar refractivity (Wildman–Crippen MR) is 87.0 cm³/mol. The Kier molecular flexibility index (Phi) is 5.04. The molecule has 1 aromatic heterocycles. The molecular weight excluding hydrogens is 264 g/mol. The van der Waals surface area contributed by atoms with Crippen LogP contribution in [0.25, 0.3) is 0 Å². The smallest absolute Gasteiger partial charge is 0.135 e. The monoisotopic (exact) mass is 292 g/mol. The maximum Gasteiger partial charge on any atom is 0.135 e. The van der Waals surface area contributed by atoms with Crippen LogP contribution in [0.1, 0.15) is 59.2 Å².